The molecule has 2 aromatic carbocycles. The van der Waals surface area contributed by atoms with E-state index in [1.807, 2.05) is 24.3 Å². The van der Waals surface area contributed by atoms with E-state index in [2.05, 4.69) is 6.07 Å². The predicted octanol–water partition coefficient (Wildman–Crippen LogP) is 3.49. The fourth-order valence-electron chi connectivity index (χ4n) is 3.71. The zero-order chi connectivity index (χ0) is 18.7. The molecule has 0 fully saturated rings. The maximum absolute atomic E-state index is 11.5. The summed E-state index contributed by atoms with van der Waals surface area (Å²) in [5.74, 6) is 2.48. The van der Waals surface area contributed by atoms with Gasteiger partial charge in [0, 0.05) is 6.42 Å². The Morgan fingerprint density at radius 1 is 0.846 bits per heavy atom. The lowest BCUT2D eigenvalue weighted by Gasteiger charge is -2.29. The van der Waals surface area contributed by atoms with Gasteiger partial charge in [-0.2, -0.15) is 0 Å². The van der Waals surface area contributed by atoms with Crippen LogP contribution in [0.25, 0.3) is 0 Å². The molecule has 0 saturated heterocycles. The third-order valence-electron chi connectivity index (χ3n) is 5.13. The van der Waals surface area contributed by atoms with Gasteiger partial charge in [0.15, 0.2) is 11.5 Å². The number of ether oxygens (including phenoxy) is 4. The molecular formula is C21H26O5. The first-order valence-electron chi connectivity index (χ1n) is 8.73. The highest BCUT2D eigenvalue weighted by Crippen LogP contribution is 2.44. The Kier molecular flexibility index (Phi) is 5.28. The van der Waals surface area contributed by atoms with E-state index in [0.717, 1.165) is 29.7 Å². The van der Waals surface area contributed by atoms with Gasteiger partial charge in [0.05, 0.1) is 34.0 Å². The van der Waals surface area contributed by atoms with Gasteiger partial charge in [-0.1, -0.05) is 6.07 Å². The van der Waals surface area contributed by atoms with E-state index in [4.69, 9.17) is 18.9 Å². The van der Waals surface area contributed by atoms with Crippen LogP contribution in [0, 0.1) is 0 Å². The first-order valence-corrected chi connectivity index (χ1v) is 8.73. The largest absolute Gasteiger partial charge is 0.497 e. The van der Waals surface area contributed by atoms with Crippen molar-refractivity contribution in [2.45, 2.75) is 31.3 Å². The lowest BCUT2D eigenvalue weighted by atomic mass is 9.84. The van der Waals surface area contributed by atoms with Gasteiger partial charge in [-0.25, -0.2) is 0 Å². The number of hydrogen-bond acceptors (Lipinski definition) is 5. The van der Waals surface area contributed by atoms with Crippen molar-refractivity contribution in [3.63, 3.8) is 0 Å². The molecule has 1 aliphatic carbocycles. The number of benzene rings is 2. The maximum atomic E-state index is 11.5. The van der Waals surface area contributed by atoms with E-state index in [-0.39, 0.29) is 0 Å². The van der Waals surface area contributed by atoms with E-state index in [0.29, 0.717) is 30.1 Å². The van der Waals surface area contributed by atoms with Gasteiger partial charge in [-0.05, 0) is 60.2 Å². The number of methoxy groups -OCH3 is 4. The van der Waals surface area contributed by atoms with Gasteiger partial charge in [0.2, 0.25) is 5.75 Å². The lowest BCUT2D eigenvalue weighted by molar-refractivity contribution is 0.0277. The van der Waals surface area contributed by atoms with Crippen LogP contribution < -0.4 is 18.9 Å². The Hall–Kier alpha value is -2.40. The monoisotopic (exact) mass is 358 g/mol. The highest BCUT2D eigenvalue weighted by atomic mass is 16.5. The van der Waals surface area contributed by atoms with E-state index in [9.17, 15) is 5.11 Å². The Labute approximate surface area is 154 Å². The van der Waals surface area contributed by atoms with Gasteiger partial charge in [0.1, 0.15) is 5.75 Å². The highest BCUT2D eigenvalue weighted by Gasteiger charge is 2.34. The van der Waals surface area contributed by atoms with Crippen LogP contribution in [0.15, 0.2) is 30.3 Å². The van der Waals surface area contributed by atoms with Crippen molar-refractivity contribution in [1.82, 2.24) is 0 Å². The summed E-state index contributed by atoms with van der Waals surface area (Å²) in [5.41, 5.74) is 2.15. The zero-order valence-corrected chi connectivity index (χ0v) is 15.8. The molecule has 26 heavy (non-hydrogen) atoms. The van der Waals surface area contributed by atoms with Gasteiger partial charge in [-0.3, -0.25) is 0 Å². The van der Waals surface area contributed by atoms with Crippen molar-refractivity contribution in [2.75, 3.05) is 28.4 Å². The summed E-state index contributed by atoms with van der Waals surface area (Å²) in [6.45, 7) is 0. The molecule has 3 rings (SSSR count). The molecule has 5 nitrogen and oxygen atoms in total. The summed E-state index contributed by atoms with van der Waals surface area (Å²) in [5, 5.41) is 11.5. The Morgan fingerprint density at radius 2 is 1.54 bits per heavy atom. The van der Waals surface area contributed by atoms with Crippen LogP contribution in [0.5, 0.6) is 23.0 Å². The molecule has 0 heterocycles. The molecule has 1 unspecified atom stereocenters. The predicted molar refractivity (Wildman–Crippen MR) is 99.6 cm³/mol. The molecule has 1 aliphatic rings. The molecule has 0 radical (unpaired) electrons. The summed E-state index contributed by atoms with van der Waals surface area (Å²) >= 11 is 0. The van der Waals surface area contributed by atoms with Gasteiger partial charge >= 0.3 is 0 Å². The molecule has 0 saturated carbocycles. The average molecular weight is 358 g/mol. The zero-order valence-electron chi connectivity index (χ0n) is 15.8. The summed E-state index contributed by atoms with van der Waals surface area (Å²) in [4.78, 5) is 0. The Bertz CT molecular complexity index is 761. The third kappa shape index (κ3) is 3.31. The number of aryl methyl sites for hydroxylation is 1. The molecular weight excluding hydrogens is 332 g/mol. The number of aliphatic hydroxyl groups is 1. The molecule has 0 aliphatic heterocycles. The maximum Gasteiger partial charge on any atom is 0.203 e. The quantitative estimate of drug-likeness (QED) is 0.829. The first kappa shape index (κ1) is 18.4. The van der Waals surface area contributed by atoms with Crippen LogP contribution in [0.1, 0.15) is 29.5 Å². The molecule has 0 aromatic heterocycles. The summed E-state index contributed by atoms with van der Waals surface area (Å²) in [6, 6.07) is 9.74. The highest BCUT2D eigenvalue weighted by molar-refractivity contribution is 5.55. The van der Waals surface area contributed by atoms with Crippen molar-refractivity contribution in [3.05, 3.63) is 47.0 Å². The van der Waals surface area contributed by atoms with Crippen LogP contribution >= 0.6 is 0 Å². The van der Waals surface area contributed by atoms with Gasteiger partial charge in [-0.15, -0.1) is 0 Å². The van der Waals surface area contributed by atoms with Crippen LogP contribution in [0.4, 0.5) is 0 Å². The molecule has 1 atom stereocenters. The van der Waals surface area contributed by atoms with E-state index < -0.39 is 5.60 Å². The Morgan fingerprint density at radius 3 is 2.12 bits per heavy atom. The average Bonchev–Trinajstić information content (AvgIpc) is 2.84. The second-order valence-electron chi connectivity index (χ2n) is 6.61. The molecule has 2 aromatic rings. The van der Waals surface area contributed by atoms with Crippen LogP contribution in [0.3, 0.4) is 0 Å². The van der Waals surface area contributed by atoms with Crippen molar-refractivity contribution >= 4 is 0 Å². The van der Waals surface area contributed by atoms with E-state index in [1.54, 1.807) is 28.4 Å². The minimum absolute atomic E-state index is 0.529. The summed E-state index contributed by atoms with van der Waals surface area (Å²) < 4.78 is 21.6. The molecule has 1 N–H and O–H groups in total. The van der Waals surface area contributed by atoms with Crippen molar-refractivity contribution in [1.29, 1.82) is 0 Å². The molecule has 0 amide bonds. The molecule has 0 spiro atoms. The van der Waals surface area contributed by atoms with Gasteiger partial charge in [0.25, 0.3) is 0 Å². The minimum atomic E-state index is -0.993. The SMILES string of the molecule is COc1ccc2c(c1)CCCC(O)(c1cc(OC)c(OC)c(OC)c1)C2. The summed E-state index contributed by atoms with van der Waals surface area (Å²) in [6.07, 6.45) is 2.99. The second-order valence-corrected chi connectivity index (χ2v) is 6.61. The van der Waals surface area contributed by atoms with Crippen molar-refractivity contribution in [3.8, 4) is 23.0 Å². The fraction of sp³-hybridized carbons (Fsp3) is 0.429. The number of rotatable bonds is 5. The second kappa shape index (κ2) is 7.46. The Balaban J connectivity index is 2.04. The minimum Gasteiger partial charge on any atom is -0.497 e. The van der Waals surface area contributed by atoms with Crippen molar-refractivity contribution in [2.24, 2.45) is 0 Å². The van der Waals surface area contributed by atoms with E-state index in [1.165, 1.54) is 5.56 Å². The smallest absolute Gasteiger partial charge is 0.203 e. The normalized spacial score (nSPS) is 19.3. The molecule has 0 bridgehead atoms. The molecule has 5 heteroatoms. The fourth-order valence-corrected chi connectivity index (χ4v) is 3.71. The first-order chi connectivity index (χ1) is 12.5. The number of fused-ring (bicyclic) bond motifs is 1. The van der Waals surface area contributed by atoms with Crippen LogP contribution in [0.2, 0.25) is 0 Å². The van der Waals surface area contributed by atoms with Crippen LogP contribution in [-0.2, 0) is 18.4 Å². The standard InChI is InChI=1S/C21H26O5/c1-23-17-8-7-15-13-21(22,9-5-6-14(15)10-17)16-11-18(24-2)20(26-4)19(12-16)25-3/h7-8,10-12,22H,5-6,9,13H2,1-4H3. The third-order valence-corrected chi connectivity index (χ3v) is 5.13. The number of hydrogen-bond donors (Lipinski definition) is 1. The molecule has 140 valence electrons. The lowest BCUT2D eigenvalue weighted by Crippen LogP contribution is -2.28. The summed E-state index contributed by atoms with van der Waals surface area (Å²) in [7, 11) is 6.41. The van der Waals surface area contributed by atoms with Crippen molar-refractivity contribution < 1.29 is 24.1 Å². The van der Waals surface area contributed by atoms with E-state index >= 15 is 0 Å². The van der Waals surface area contributed by atoms with Gasteiger partial charge < -0.3 is 24.1 Å². The van der Waals surface area contributed by atoms with Crippen LogP contribution in [-0.4, -0.2) is 33.5 Å². The topological polar surface area (TPSA) is 57.2 Å².